The molecule has 3 rings (SSSR count). The summed E-state index contributed by atoms with van der Waals surface area (Å²) in [6, 6.07) is 6.74. The van der Waals surface area contributed by atoms with E-state index in [2.05, 4.69) is 20.3 Å². The third-order valence-electron chi connectivity index (χ3n) is 4.71. The van der Waals surface area contributed by atoms with Gasteiger partial charge in [0.05, 0.1) is 11.3 Å². The fourth-order valence-corrected chi connectivity index (χ4v) is 3.42. The monoisotopic (exact) mass is 441 g/mol. The fourth-order valence-electron chi connectivity index (χ4n) is 3.42. The Kier molecular flexibility index (Phi) is 11.6. The maximum Gasteiger partial charge on any atom is 0.337 e. The van der Waals surface area contributed by atoms with E-state index in [4.69, 9.17) is 5.11 Å². The number of hydrogen-bond donors (Lipinski definition) is 2. The van der Waals surface area contributed by atoms with Crippen molar-refractivity contribution in [3.05, 3.63) is 53.7 Å². The van der Waals surface area contributed by atoms with Crippen molar-refractivity contribution < 1.29 is 14.7 Å². The highest BCUT2D eigenvalue weighted by atomic mass is 16.4. The normalized spacial score (nSPS) is 12.4. The van der Waals surface area contributed by atoms with E-state index in [-0.39, 0.29) is 17.4 Å². The number of aryl methyl sites for hydroxylation is 1. The molecule has 1 aliphatic rings. The highest BCUT2D eigenvalue weighted by Crippen LogP contribution is 2.31. The molecule has 2 aromatic heterocycles. The van der Waals surface area contributed by atoms with Gasteiger partial charge in [-0.1, -0.05) is 40.5 Å². The van der Waals surface area contributed by atoms with Crippen LogP contribution in [0.2, 0.25) is 0 Å². The van der Waals surface area contributed by atoms with Crippen LogP contribution in [0.1, 0.15) is 93.0 Å². The third-order valence-corrected chi connectivity index (χ3v) is 4.71. The summed E-state index contributed by atoms with van der Waals surface area (Å²) in [4.78, 5) is 36.2. The van der Waals surface area contributed by atoms with Crippen molar-refractivity contribution in [1.82, 2.24) is 19.5 Å². The maximum absolute atomic E-state index is 12.2. The SMILES string of the molecule is CC.CC.CC(=O)c1cccnc(Nc2ccc(C(=O)O)cn2)nc(C)n1C1CCCC1. The zero-order valence-electron chi connectivity index (χ0n) is 19.9. The molecule has 1 saturated carbocycles. The number of carbonyl (C=O) groups is 2. The highest BCUT2D eigenvalue weighted by molar-refractivity contribution is 5.92. The number of carboxylic acids is 1. The van der Waals surface area contributed by atoms with Gasteiger partial charge in [-0.25, -0.2) is 14.8 Å². The van der Waals surface area contributed by atoms with Crippen LogP contribution in [0.4, 0.5) is 11.8 Å². The first kappa shape index (κ1) is 26.7. The predicted octanol–water partition coefficient (Wildman–Crippen LogP) is 5.92. The van der Waals surface area contributed by atoms with Crippen molar-refractivity contribution in [1.29, 1.82) is 0 Å². The molecule has 8 nitrogen and oxygen atoms in total. The Morgan fingerprint density at radius 3 is 2.25 bits per heavy atom. The Labute approximate surface area is 190 Å². The molecule has 0 amide bonds. The topological polar surface area (TPSA) is 110 Å². The van der Waals surface area contributed by atoms with Crippen LogP contribution in [0, 0.1) is 6.92 Å². The first-order chi connectivity index (χ1) is 15.5. The van der Waals surface area contributed by atoms with Crippen molar-refractivity contribution >= 4 is 23.5 Å². The Morgan fingerprint density at radius 1 is 1.06 bits per heavy atom. The van der Waals surface area contributed by atoms with Gasteiger partial charge in [0.15, 0.2) is 5.78 Å². The molecule has 0 unspecified atom stereocenters. The number of aromatic carboxylic acids is 1. The molecule has 0 saturated heterocycles. The Balaban J connectivity index is 0.00000121. The van der Waals surface area contributed by atoms with Crippen molar-refractivity contribution in [2.24, 2.45) is 0 Å². The number of hydrogen-bond acceptors (Lipinski definition) is 6. The Bertz CT molecular complexity index is 931. The molecule has 8 heteroatoms. The van der Waals surface area contributed by atoms with Gasteiger partial charge in [-0.15, -0.1) is 0 Å². The first-order valence-corrected chi connectivity index (χ1v) is 11.2. The molecule has 32 heavy (non-hydrogen) atoms. The molecule has 0 atom stereocenters. The summed E-state index contributed by atoms with van der Waals surface area (Å²) in [7, 11) is 0. The third kappa shape index (κ3) is 7.44. The average molecular weight is 442 g/mol. The molecule has 0 aliphatic heterocycles. The number of nitrogens with zero attached hydrogens (tertiary/aromatic N) is 4. The average Bonchev–Trinajstić information content (AvgIpc) is 3.34. The van der Waals surface area contributed by atoms with E-state index in [0.29, 0.717) is 23.3 Å². The predicted molar refractivity (Wildman–Crippen MR) is 127 cm³/mol. The summed E-state index contributed by atoms with van der Waals surface area (Å²) in [5.41, 5.74) is 0.703. The Morgan fingerprint density at radius 2 is 1.72 bits per heavy atom. The number of carbonyl (C=O) groups excluding carboxylic acids is 1. The van der Waals surface area contributed by atoms with E-state index >= 15 is 0 Å². The Hall–Kier alpha value is -3.29. The van der Waals surface area contributed by atoms with E-state index in [9.17, 15) is 9.59 Å². The number of carboxylic acid groups (broad SMARTS) is 1. The van der Waals surface area contributed by atoms with Crippen LogP contribution in [0.25, 0.3) is 0 Å². The number of nitrogens with one attached hydrogen (secondary N) is 1. The molecule has 0 bridgehead atoms. The van der Waals surface area contributed by atoms with Crippen molar-refractivity contribution in [2.45, 2.75) is 73.3 Å². The summed E-state index contributed by atoms with van der Waals surface area (Å²) in [5, 5.41) is 12.0. The lowest BCUT2D eigenvalue weighted by Crippen LogP contribution is -2.16. The minimum absolute atomic E-state index is 0.0200. The van der Waals surface area contributed by atoms with Crippen molar-refractivity contribution in [3.63, 3.8) is 0 Å². The van der Waals surface area contributed by atoms with Gasteiger partial charge in [0.1, 0.15) is 11.6 Å². The van der Waals surface area contributed by atoms with Gasteiger partial charge < -0.3 is 15.0 Å². The van der Waals surface area contributed by atoms with Crippen molar-refractivity contribution in [2.75, 3.05) is 5.32 Å². The first-order valence-electron chi connectivity index (χ1n) is 11.2. The highest BCUT2D eigenvalue weighted by Gasteiger charge is 2.21. The summed E-state index contributed by atoms with van der Waals surface area (Å²) < 4.78 is 2.00. The van der Waals surface area contributed by atoms with Gasteiger partial charge in [0, 0.05) is 25.4 Å². The summed E-state index contributed by atoms with van der Waals surface area (Å²) in [5.74, 6) is 0.357. The van der Waals surface area contributed by atoms with Crippen LogP contribution in [-0.4, -0.2) is 36.4 Å². The molecule has 1 aliphatic carbocycles. The van der Waals surface area contributed by atoms with E-state index in [0.717, 1.165) is 25.7 Å². The second-order valence-corrected chi connectivity index (χ2v) is 6.73. The smallest absolute Gasteiger partial charge is 0.337 e. The van der Waals surface area contributed by atoms with Crippen molar-refractivity contribution in [3.8, 4) is 0 Å². The molecule has 0 spiro atoms. The van der Waals surface area contributed by atoms with Gasteiger partial charge in [-0.3, -0.25) is 4.79 Å². The molecular weight excluding hydrogens is 406 g/mol. The number of ketones is 1. The molecule has 1 fully saturated rings. The summed E-state index contributed by atoms with van der Waals surface area (Å²) in [6.07, 6.45) is 7.13. The molecule has 2 aromatic rings. The lowest BCUT2D eigenvalue weighted by atomic mass is 10.2. The molecule has 0 radical (unpaired) electrons. The van der Waals surface area contributed by atoms with E-state index in [1.165, 1.54) is 12.3 Å². The van der Waals surface area contributed by atoms with E-state index in [1.54, 1.807) is 31.3 Å². The molecular formula is C24H35N5O3. The number of rotatable bonds is 5. The number of pyridine rings is 1. The minimum Gasteiger partial charge on any atom is -0.478 e. The van der Waals surface area contributed by atoms with E-state index < -0.39 is 5.97 Å². The van der Waals surface area contributed by atoms with Crippen LogP contribution >= 0.6 is 0 Å². The number of anilines is 2. The van der Waals surface area contributed by atoms with Gasteiger partial charge >= 0.3 is 5.97 Å². The zero-order chi connectivity index (χ0) is 24.1. The van der Waals surface area contributed by atoms with Gasteiger partial charge in [-0.2, -0.15) is 4.98 Å². The van der Waals surface area contributed by atoms with E-state index in [1.807, 2.05) is 39.2 Å². The molecule has 2 heterocycles. The largest absolute Gasteiger partial charge is 0.478 e. The summed E-state index contributed by atoms with van der Waals surface area (Å²) in [6.45, 7) is 11.4. The fraction of sp³-hybridized carbons (Fsp3) is 0.458. The number of Topliss-reactive ketones (excluding diaryl/α,β-unsaturated/α-hetero) is 1. The second-order valence-electron chi connectivity index (χ2n) is 6.73. The maximum atomic E-state index is 12.2. The quantitative estimate of drug-likeness (QED) is 0.554. The zero-order valence-corrected chi connectivity index (χ0v) is 19.9. The standard InChI is InChI=1S/C20H23N5O3.2C2H6/c1-13(26)17-8-5-11-21-20(23-14(2)25(17)16-6-3-4-7-16)24-18-10-9-15(12-22-18)19(27)28;2*1-2/h5,8-12,16H,3-4,6-7H2,1-2H3,(H,27,28)(H,21,22,24);2*1-2H3. The van der Waals surface area contributed by atoms with Gasteiger partial charge in [0.2, 0.25) is 5.95 Å². The lowest BCUT2D eigenvalue weighted by molar-refractivity contribution is 0.0696. The van der Waals surface area contributed by atoms with Crippen LogP contribution in [0.15, 0.2) is 36.7 Å². The van der Waals surface area contributed by atoms with Crippen LogP contribution in [0.5, 0.6) is 0 Å². The minimum atomic E-state index is -1.04. The summed E-state index contributed by atoms with van der Waals surface area (Å²) >= 11 is 0. The molecule has 174 valence electrons. The molecule has 0 aromatic carbocycles. The number of aromatic nitrogens is 4. The second kappa shape index (κ2) is 13.9. The van der Waals surface area contributed by atoms with Gasteiger partial charge in [0.25, 0.3) is 0 Å². The molecule has 2 N–H and O–H groups in total. The van der Waals surface area contributed by atoms with Gasteiger partial charge in [-0.05, 0) is 44.0 Å². The van der Waals surface area contributed by atoms with Crippen LogP contribution < -0.4 is 5.32 Å². The van der Waals surface area contributed by atoms with Crippen LogP contribution in [-0.2, 0) is 0 Å². The van der Waals surface area contributed by atoms with Crippen LogP contribution in [0.3, 0.4) is 0 Å². The lowest BCUT2D eigenvalue weighted by Gasteiger charge is -2.19.